The number of rotatable bonds is 6. The van der Waals surface area contributed by atoms with E-state index in [0.717, 1.165) is 17.7 Å². The van der Waals surface area contributed by atoms with Crippen molar-refractivity contribution in [3.05, 3.63) is 94.5 Å². The molecule has 0 fully saturated rings. The lowest BCUT2D eigenvalue weighted by atomic mass is 9.73. The van der Waals surface area contributed by atoms with Gasteiger partial charge in [0.05, 0.1) is 22.7 Å². The van der Waals surface area contributed by atoms with Gasteiger partial charge in [-0.2, -0.15) is 18.4 Å². The molecule has 0 aliphatic heterocycles. The fraction of sp³-hybridized carbons (Fsp3) is 0.227. The number of halogens is 4. The summed E-state index contributed by atoms with van der Waals surface area (Å²) in [4.78, 5) is 8.24. The molecule has 1 unspecified atom stereocenters. The second-order valence-electron chi connectivity index (χ2n) is 6.77. The molecule has 7 heteroatoms. The maximum atomic E-state index is 13.3. The summed E-state index contributed by atoms with van der Waals surface area (Å²) < 4.78 is 39.8. The van der Waals surface area contributed by atoms with Gasteiger partial charge in [-0.15, -0.1) is 0 Å². The molecule has 29 heavy (non-hydrogen) atoms. The minimum absolute atomic E-state index is 0.159. The van der Waals surface area contributed by atoms with Crippen LogP contribution in [0, 0.1) is 11.3 Å². The Kier molecular flexibility index (Phi) is 6.19. The second kappa shape index (κ2) is 8.62. The van der Waals surface area contributed by atoms with E-state index in [1.165, 1.54) is 24.7 Å². The third kappa shape index (κ3) is 5.12. The molecule has 3 rings (SSSR count). The highest BCUT2D eigenvalue weighted by molar-refractivity contribution is 6.30. The van der Waals surface area contributed by atoms with Gasteiger partial charge >= 0.3 is 6.18 Å². The third-order valence-electron chi connectivity index (χ3n) is 4.81. The van der Waals surface area contributed by atoms with E-state index >= 15 is 0 Å². The number of hydrogen-bond acceptors (Lipinski definition) is 3. The van der Waals surface area contributed by atoms with Gasteiger partial charge in [-0.25, -0.2) is 0 Å². The van der Waals surface area contributed by atoms with Crippen LogP contribution in [0.5, 0.6) is 0 Å². The summed E-state index contributed by atoms with van der Waals surface area (Å²) in [5.74, 6) is 0. The molecule has 2 aromatic carbocycles. The van der Waals surface area contributed by atoms with Crippen LogP contribution in [-0.4, -0.2) is 9.97 Å². The highest BCUT2D eigenvalue weighted by Crippen LogP contribution is 2.37. The second-order valence-corrected chi connectivity index (χ2v) is 7.21. The van der Waals surface area contributed by atoms with Gasteiger partial charge in [0.25, 0.3) is 0 Å². The summed E-state index contributed by atoms with van der Waals surface area (Å²) in [6, 6.07) is 14.4. The van der Waals surface area contributed by atoms with E-state index in [1.807, 2.05) is 12.1 Å². The van der Waals surface area contributed by atoms with E-state index in [9.17, 15) is 18.4 Å². The van der Waals surface area contributed by atoms with Crippen molar-refractivity contribution in [2.75, 3.05) is 0 Å². The molecular formula is C22H17ClF3N3. The van der Waals surface area contributed by atoms with Gasteiger partial charge < -0.3 is 0 Å². The molecule has 1 heterocycles. The van der Waals surface area contributed by atoms with Crippen molar-refractivity contribution in [3.63, 3.8) is 0 Å². The zero-order valence-corrected chi connectivity index (χ0v) is 16.1. The van der Waals surface area contributed by atoms with Crippen LogP contribution < -0.4 is 0 Å². The number of alkyl halides is 3. The fourth-order valence-electron chi connectivity index (χ4n) is 3.23. The van der Waals surface area contributed by atoms with Crippen LogP contribution in [0.2, 0.25) is 5.02 Å². The van der Waals surface area contributed by atoms with Gasteiger partial charge in [-0.1, -0.05) is 41.9 Å². The minimum Gasteiger partial charge on any atom is -0.261 e. The molecule has 0 aliphatic rings. The molecule has 3 nitrogen and oxygen atoms in total. The number of aromatic nitrogens is 2. The molecule has 148 valence electrons. The van der Waals surface area contributed by atoms with Crippen molar-refractivity contribution in [2.24, 2.45) is 0 Å². The average Bonchev–Trinajstić information content (AvgIpc) is 2.72. The Morgan fingerprint density at radius 3 is 2.34 bits per heavy atom. The summed E-state index contributed by atoms with van der Waals surface area (Å²) in [5.41, 5.74) is -0.158. The molecular weight excluding hydrogens is 399 g/mol. The topological polar surface area (TPSA) is 49.6 Å². The SMILES string of the molecule is N#CC(CCc1ccc(Cl)cc1)(Cc1cnccn1)c1cccc(C(F)(F)F)c1. The van der Waals surface area contributed by atoms with Crippen LogP contribution in [0.25, 0.3) is 0 Å². The Labute approximate surface area is 171 Å². The predicted molar refractivity (Wildman–Crippen MR) is 104 cm³/mol. The maximum Gasteiger partial charge on any atom is 0.416 e. The number of benzene rings is 2. The monoisotopic (exact) mass is 415 g/mol. The van der Waals surface area contributed by atoms with Crippen LogP contribution in [0.4, 0.5) is 13.2 Å². The van der Waals surface area contributed by atoms with E-state index in [-0.39, 0.29) is 6.42 Å². The number of nitriles is 1. The standard InChI is InChI=1S/C22H17ClF3N3/c23-19-6-4-16(5-7-19)8-9-21(15-27,13-20-14-28-10-11-29-20)17-2-1-3-18(12-17)22(24,25)26/h1-7,10-12,14H,8-9,13H2. The van der Waals surface area contributed by atoms with Crippen LogP contribution >= 0.6 is 11.6 Å². The molecule has 0 aliphatic carbocycles. The number of hydrogen-bond donors (Lipinski definition) is 0. The Balaban J connectivity index is 2.00. The fourth-order valence-corrected chi connectivity index (χ4v) is 3.35. The predicted octanol–water partition coefficient (Wildman–Crippen LogP) is 5.79. The first kappa shape index (κ1) is 20.8. The Morgan fingerprint density at radius 1 is 1.00 bits per heavy atom. The molecule has 0 radical (unpaired) electrons. The molecule has 0 spiro atoms. The lowest BCUT2D eigenvalue weighted by molar-refractivity contribution is -0.137. The highest BCUT2D eigenvalue weighted by atomic mass is 35.5. The zero-order valence-electron chi connectivity index (χ0n) is 15.3. The first-order chi connectivity index (χ1) is 13.8. The van der Waals surface area contributed by atoms with Crippen molar-refractivity contribution in [1.82, 2.24) is 9.97 Å². The Bertz CT molecular complexity index is 998. The van der Waals surface area contributed by atoms with Crippen molar-refractivity contribution in [3.8, 4) is 6.07 Å². The van der Waals surface area contributed by atoms with E-state index in [0.29, 0.717) is 29.1 Å². The van der Waals surface area contributed by atoms with E-state index in [2.05, 4.69) is 16.0 Å². The molecule has 0 saturated carbocycles. The minimum atomic E-state index is -4.49. The molecule has 0 saturated heterocycles. The third-order valence-corrected chi connectivity index (χ3v) is 5.06. The van der Waals surface area contributed by atoms with Crippen LogP contribution in [0.1, 0.15) is 28.8 Å². The zero-order chi connectivity index (χ0) is 20.9. The lowest BCUT2D eigenvalue weighted by Gasteiger charge is -2.28. The summed E-state index contributed by atoms with van der Waals surface area (Å²) >= 11 is 5.92. The average molecular weight is 416 g/mol. The smallest absolute Gasteiger partial charge is 0.261 e. The van der Waals surface area contributed by atoms with Gasteiger partial charge in [0.15, 0.2) is 0 Å². The number of nitrogens with zero attached hydrogens (tertiary/aromatic N) is 3. The van der Waals surface area contributed by atoms with Crippen molar-refractivity contribution in [1.29, 1.82) is 5.26 Å². The Morgan fingerprint density at radius 2 is 1.72 bits per heavy atom. The van der Waals surface area contributed by atoms with Gasteiger partial charge in [-0.05, 0) is 42.2 Å². The molecule has 0 bridgehead atoms. The van der Waals surface area contributed by atoms with E-state index in [4.69, 9.17) is 11.6 Å². The van der Waals surface area contributed by atoms with Gasteiger partial charge in [-0.3, -0.25) is 9.97 Å². The summed E-state index contributed by atoms with van der Waals surface area (Å²) in [7, 11) is 0. The summed E-state index contributed by atoms with van der Waals surface area (Å²) in [6.45, 7) is 0. The molecule has 1 aromatic heterocycles. The molecule has 0 N–H and O–H groups in total. The maximum absolute atomic E-state index is 13.3. The number of aryl methyl sites for hydroxylation is 1. The quantitative estimate of drug-likeness (QED) is 0.512. The highest BCUT2D eigenvalue weighted by Gasteiger charge is 2.36. The normalized spacial score (nSPS) is 13.5. The van der Waals surface area contributed by atoms with Crippen molar-refractivity contribution < 1.29 is 13.2 Å². The lowest BCUT2D eigenvalue weighted by Crippen LogP contribution is -2.29. The largest absolute Gasteiger partial charge is 0.416 e. The van der Waals surface area contributed by atoms with Gasteiger partial charge in [0.2, 0.25) is 0 Å². The molecule has 1 atom stereocenters. The van der Waals surface area contributed by atoms with Gasteiger partial charge in [0, 0.05) is 30.0 Å². The van der Waals surface area contributed by atoms with Crippen molar-refractivity contribution in [2.45, 2.75) is 30.9 Å². The van der Waals surface area contributed by atoms with Crippen molar-refractivity contribution >= 4 is 11.6 Å². The van der Waals surface area contributed by atoms with Gasteiger partial charge in [0.1, 0.15) is 0 Å². The van der Waals surface area contributed by atoms with Crippen LogP contribution in [-0.2, 0) is 24.4 Å². The van der Waals surface area contributed by atoms with Crippen LogP contribution in [0.15, 0.2) is 67.1 Å². The van der Waals surface area contributed by atoms with E-state index in [1.54, 1.807) is 18.2 Å². The molecule has 3 aromatic rings. The first-order valence-electron chi connectivity index (χ1n) is 8.91. The summed E-state index contributed by atoms with van der Waals surface area (Å²) in [5, 5.41) is 10.7. The Hall–Kier alpha value is -2.91. The van der Waals surface area contributed by atoms with E-state index < -0.39 is 17.2 Å². The molecule has 0 amide bonds. The first-order valence-corrected chi connectivity index (χ1v) is 9.28. The van der Waals surface area contributed by atoms with Crippen LogP contribution in [0.3, 0.4) is 0 Å². The summed E-state index contributed by atoms with van der Waals surface area (Å²) in [6.07, 6.45) is 1.04.